The van der Waals surface area contributed by atoms with E-state index in [1.165, 1.54) is 0 Å². The summed E-state index contributed by atoms with van der Waals surface area (Å²) in [5.74, 6) is 0. The molecule has 29 heavy (non-hydrogen) atoms. The van der Waals surface area contributed by atoms with E-state index in [2.05, 4.69) is 10.00 Å². The zero-order valence-electron chi connectivity index (χ0n) is 16.1. The second-order valence-electron chi connectivity index (χ2n) is 7.62. The standard InChI is InChI=1S/C20H23N5O2S2/c26-29(27,23-11-3-4-12-23)17-8-9-18-16(14-17)6-5-10-22(18)15-25-20(28)24-13-2-1-7-19(24)21-25/h1-2,7-9,13-14H,3-6,10-12,15H2. The topological polar surface area (TPSA) is 62.9 Å². The molecule has 0 radical (unpaired) electrons. The Bertz CT molecular complexity index is 1230. The Balaban J connectivity index is 1.46. The van der Waals surface area contributed by atoms with E-state index in [4.69, 9.17) is 12.2 Å². The van der Waals surface area contributed by atoms with E-state index in [0.29, 0.717) is 29.4 Å². The number of nitrogens with zero attached hydrogens (tertiary/aromatic N) is 5. The van der Waals surface area contributed by atoms with Gasteiger partial charge in [-0.15, -0.1) is 0 Å². The molecule has 0 spiro atoms. The number of aromatic nitrogens is 3. The molecule has 2 aliphatic rings. The van der Waals surface area contributed by atoms with Crippen LogP contribution in [0.1, 0.15) is 24.8 Å². The summed E-state index contributed by atoms with van der Waals surface area (Å²) in [7, 11) is -3.40. The third-order valence-electron chi connectivity index (χ3n) is 5.76. The first kappa shape index (κ1) is 18.8. The maximum Gasteiger partial charge on any atom is 0.243 e. The van der Waals surface area contributed by atoms with Gasteiger partial charge in [-0.05, 0) is 73.8 Å². The van der Waals surface area contributed by atoms with Gasteiger partial charge in [0.15, 0.2) is 5.65 Å². The summed E-state index contributed by atoms with van der Waals surface area (Å²) in [6.07, 6.45) is 5.66. The third kappa shape index (κ3) is 3.27. The number of sulfonamides is 1. The molecule has 0 atom stereocenters. The largest absolute Gasteiger partial charge is 0.352 e. The first-order chi connectivity index (χ1) is 14.0. The molecule has 7 nitrogen and oxygen atoms in total. The van der Waals surface area contributed by atoms with E-state index < -0.39 is 10.0 Å². The highest BCUT2D eigenvalue weighted by atomic mass is 32.2. The predicted molar refractivity (Wildman–Crippen MR) is 114 cm³/mol. The lowest BCUT2D eigenvalue weighted by Gasteiger charge is -2.31. The molecule has 0 amide bonds. The Kier molecular flexibility index (Phi) is 4.68. The molecule has 2 aromatic heterocycles. The van der Waals surface area contributed by atoms with Gasteiger partial charge in [0.2, 0.25) is 14.8 Å². The fourth-order valence-corrected chi connectivity index (χ4v) is 6.08. The zero-order valence-corrected chi connectivity index (χ0v) is 17.7. The quantitative estimate of drug-likeness (QED) is 0.597. The summed E-state index contributed by atoms with van der Waals surface area (Å²) in [6.45, 7) is 2.68. The van der Waals surface area contributed by atoms with Crippen molar-refractivity contribution in [2.24, 2.45) is 0 Å². The van der Waals surface area contributed by atoms with Crippen LogP contribution in [0.3, 0.4) is 0 Å². The summed E-state index contributed by atoms with van der Waals surface area (Å²) >= 11 is 5.58. The van der Waals surface area contributed by atoms with E-state index in [1.54, 1.807) is 10.4 Å². The molecular formula is C20H23N5O2S2. The van der Waals surface area contributed by atoms with E-state index in [9.17, 15) is 8.42 Å². The average molecular weight is 430 g/mol. The minimum atomic E-state index is -3.40. The maximum atomic E-state index is 12.9. The number of anilines is 1. The van der Waals surface area contributed by atoms with Crippen LogP contribution in [0.15, 0.2) is 47.5 Å². The van der Waals surface area contributed by atoms with Gasteiger partial charge in [-0.3, -0.25) is 4.40 Å². The van der Waals surface area contributed by atoms with Crippen molar-refractivity contribution in [3.63, 3.8) is 0 Å². The van der Waals surface area contributed by atoms with Crippen molar-refractivity contribution < 1.29 is 8.42 Å². The fourth-order valence-electron chi connectivity index (χ4n) is 4.26. The zero-order chi connectivity index (χ0) is 20.0. The molecule has 2 aliphatic heterocycles. The van der Waals surface area contributed by atoms with Gasteiger partial charge in [0.05, 0.1) is 4.90 Å². The highest BCUT2D eigenvalue weighted by molar-refractivity contribution is 7.89. The first-order valence-electron chi connectivity index (χ1n) is 9.96. The van der Waals surface area contributed by atoms with Crippen LogP contribution >= 0.6 is 12.2 Å². The number of pyridine rings is 1. The number of hydrogen-bond donors (Lipinski definition) is 0. The third-order valence-corrected chi connectivity index (χ3v) is 8.06. The van der Waals surface area contributed by atoms with Gasteiger partial charge >= 0.3 is 0 Å². The van der Waals surface area contributed by atoms with Crippen LogP contribution in [0.2, 0.25) is 0 Å². The molecule has 0 unspecified atom stereocenters. The van der Waals surface area contributed by atoms with Crippen molar-refractivity contribution in [2.75, 3.05) is 24.5 Å². The second kappa shape index (κ2) is 7.23. The molecule has 0 bridgehead atoms. The monoisotopic (exact) mass is 429 g/mol. The van der Waals surface area contributed by atoms with Gasteiger partial charge in [0.25, 0.3) is 0 Å². The number of rotatable bonds is 4. The average Bonchev–Trinajstić information content (AvgIpc) is 3.38. The number of benzene rings is 1. The molecule has 1 fully saturated rings. The molecule has 4 heterocycles. The van der Waals surface area contributed by atoms with Crippen molar-refractivity contribution in [2.45, 2.75) is 37.2 Å². The minimum Gasteiger partial charge on any atom is -0.352 e. The van der Waals surface area contributed by atoms with Crippen LogP contribution in [-0.2, 0) is 23.1 Å². The fraction of sp³-hybridized carbons (Fsp3) is 0.400. The van der Waals surface area contributed by atoms with Gasteiger partial charge < -0.3 is 4.90 Å². The summed E-state index contributed by atoms with van der Waals surface area (Å²) in [5, 5.41) is 4.62. The Labute approximate surface area is 175 Å². The van der Waals surface area contributed by atoms with E-state index in [-0.39, 0.29) is 0 Å². The van der Waals surface area contributed by atoms with Crippen LogP contribution in [0.5, 0.6) is 0 Å². The maximum absolute atomic E-state index is 12.9. The summed E-state index contributed by atoms with van der Waals surface area (Å²) in [5.41, 5.74) is 2.96. The summed E-state index contributed by atoms with van der Waals surface area (Å²) < 4.78 is 31.8. The van der Waals surface area contributed by atoms with Gasteiger partial charge in [-0.25, -0.2) is 13.1 Å². The SMILES string of the molecule is O=S(=O)(c1ccc2c(c1)CCCN2Cn1nc2ccccn2c1=S)N1CCCC1. The minimum absolute atomic E-state index is 0.407. The molecule has 0 saturated carbocycles. The molecule has 1 saturated heterocycles. The molecular weight excluding hydrogens is 406 g/mol. The molecule has 3 aromatic rings. The summed E-state index contributed by atoms with van der Waals surface area (Å²) in [6, 6.07) is 11.4. The predicted octanol–water partition coefficient (Wildman–Crippen LogP) is 3.06. The summed E-state index contributed by atoms with van der Waals surface area (Å²) in [4.78, 5) is 2.64. The first-order valence-corrected chi connectivity index (χ1v) is 11.8. The number of hydrogen-bond acceptors (Lipinski definition) is 5. The Morgan fingerprint density at radius 1 is 1.03 bits per heavy atom. The van der Waals surface area contributed by atoms with Crippen molar-refractivity contribution in [3.8, 4) is 0 Å². The van der Waals surface area contributed by atoms with E-state index >= 15 is 0 Å². The van der Waals surface area contributed by atoms with E-state index in [1.807, 2.05) is 45.6 Å². The van der Waals surface area contributed by atoms with Crippen molar-refractivity contribution in [3.05, 3.63) is 52.9 Å². The lowest BCUT2D eigenvalue weighted by molar-refractivity contribution is 0.477. The van der Waals surface area contributed by atoms with Gasteiger partial charge in [0, 0.05) is 31.5 Å². The van der Waals surface area contributed by atoms with Crippen LogP contribution in [0.25, 0.3) is 5.65 Å². The van der Waals surface area contributed by atoms with Crippen molar-refractivity contribution >= 4 is 33.6 Å². The normalized spacial score (nSPS) is 17.7. The second-order valence-corrected chi connectivity index (χ2v) is 9.92. The molecule has 0 aliphatic carbocycles. The highest BCUT2D eigenvalue weighted by Crippen LogP contribution is 2.31. The molecule has 1 aromatic carbocycles. The number of fused-ring (bicyclic) bond motifs is 2. The van der Waals surface area contributed by atoms with Crippen molar-refractivity contribution in [1.82, 2.24) is 18.5 Å². The molecule has 5 rings (SSSR count). The lowest BCUT2D eigenvalue weighted by Crippen LogP contribution is -2.32. The highest BCUT2D eigenvalue weighted by Gasteiger charge is 2.28. The Hall–Kier alpha value is -2.23. The molecule has 0 N–H and O–H groups in total. The Morgan fingerprint density at radius 3 is 2.66 bits per heavy atom. The smallest absolute Gasteiger partial charge is 0.243 e. The molecule has 9 heteroatoms. The van der Waals surface area contributed by atoms with Gasteiger partial charge in [-0.2, -0.15) is 9.40 Å². The van der Waals surface area contributed by atoms with Gasteiger partial charge in [0.1, 0.15) is 6.67 Å². The lowest BCUT2D eigenvalue weighted by atomic mass is 10.0. The van der Waals surface area contributed by atoms with Crippen LogP contribution in [0.4, 0.5) is 5.69 Å². The van der Waals surface area contributed by atoms with Crippen LogP contribution in [0, 0.1) is 4.77 Å². The molecule has 152 valence electrons. The van der Waals surface area contributed by atoms with Crippen LogP contribution in [-0.4, -0.2) is 46.5 Å². The van der Waals surface area contributed by atoms with Crippen molar-refractivity contribution in [1.29, 1.82) is 0 Å². The number of aryl methyl sites for hydroxylation is 1. The Morgan fingerprint density at radius 2 is 1.86 bits per heavy atom. The van der Waals surface area contributed by atoms with Crippen LogP contribution < -0.4 is 4.90 Å². The van der Waals surface area contributed by atoms with Gasteiger partial charge in [-0.1, -0.05) is 6.07 Å². The van der Waals surface area contributed by atoms with E-state index in [0.717, 1.165) is 49.1 Å².